The zero-order valence-corrected chi connectivity index (χ0v) is 11.6. The van der Waals surface area contributed by atoms with E-state index in [1.807, 2.05) is 13.8 Å². The van der Waals surface area contributed by atoms with Crippen LogP contribution in [0.15, 0.2) is 23.2 Å². The van der Waals surface area contributed by atoms with Crippen LogP contribution in [0.3, 0.4) is 0 Å². The van der Waals surface area contributed by atoms with Crippen molar-refractivity contribution in [2.45, 2.75) is 26.3 Å². The number of amides is 1. The topological polar surface area (TPSA) is 53.5 Å². The summed E-state index contributed by atoms with van der Waals surface area (Å²) in [5.41, 5.74) is -1.79. The Morgan fingerprint density at radius 2 is 1.90 bits per heavy atom. The van der Waals surface area contributed by atoms with Gasteiger partial charge in [0, 0.05) is 6.54 Å². The number of carbonyl (C=O) groups is 1. The Bertz CT molecular complexity index is 551. The van der Waals surface area contributed by atoms with Gasteiger partial charge in [-0.25, -0.2) is 8.78 Å². The lowest BCUT2D eigenvalue weighted by molar-refractivity contribution is -0.123. The number of hydrogen-bond donors (Lipinski definition) is 2. The maximum absolute atomic E-state index is 13.9. The van der Waals surface area contributed by atoms with Crippen LogP contribution in [0.5, 0.6) is 0 Å². The lowest BCUT2D eigenvalue weighted by atomic mass is 9.91. The van der Waals surface area contributed by atoms with Crippen LogP contribution in [0.1, 0.15) is 26.3 Å². The molecule has 108 valence electrons. The Labute approximate surface area is 116 Å². The highest BCUT2D eigenvalue weighted by Crippen LogP contribution is 2.29. The number of guanidine groups is 1. The Kier molecular flexibility index (Phi) is 3.74. The molecular weight excluding hydrogens is 264 g/mol. The van der Waals surface area contributed by atoms with Crippen LogP contribution >= 0.6 is 0 Å². The van der Waals surface area contributed by atoms with Crippen molar-refractivity contribution in [3.05, 3.63) is 35.4 Å². The number of hydrogen-bond acceptors (Lipinski definition) is 2. The zero-order chi connectivity index (χ0) is 14.9. The summed E-state index contributed by atoms with van der Waals surface area (Å²) in [6.07, 6.45) is 0. The highest BCUT2D eigenvalue weighted by atomic mass is 19.1. The largest absolute Gasteiger partial charge is 0.338 e. The molecule has 6 heteroatoms. The van der Waals surface area contributed by atoms with Gasteiger partial charge in [0.15, 0.2) is 5.96 Å². The van der Waals surface area contributed by atoms with Gasteiger partial charge in [-0.15, -0.1) is 0 Å². The molecule has 1 unspecified atom stereocenters. The molecule has 0 spiro atoms. The zero-order valence-electron chi connectivity index (χ0n) is 11.6. The van der Waals surface area contributed by atoms with Crippen molar-refractivity contribution in [2.75, 3.05) is 6.54 Å². The predicted molar refractivity (Wildman–Crippen MR) is 72.1 cm³/mol. The van der Waals surface area contributed by atoms with E-state index >= 15 is 0 Å². The first-order valence-corrected chi connectivity index (χ1v) is 6.43. The van der Waals surface area contributed by atoms with E-state index < -0.39 is 23.1 Å². The third-order valence-corrected chi connectivity index (χ3v) is 3.13. The van der Waals surface area contributed by atoms with Gasteiger partial charge >= 0.3 is 0 Å². The van der Waals surface area contributed by atoms with Gasteiger partial charge in [0.05, 0.1) is 5.56 Å². The molecule has 1 heterocycles. The minimum absolute atomic E-state index is 0.244. The molecule has 2 rings (SSSR count). The van der Waals surface area contributed by atoms with Crippen LogP contribution in [0.2, 0.25) is 0 Å². The van der Waals surface area contributed by atoms with Crippen molar-refractivity contribution in [1.82, 2.24) is 10.6 Å². The van der Waals surface area contributed by atoms with Gasteiger partial charge in [-0.2, -0.15) is 0 Å². The molecule has 1 amide bonds. The maximum Gasteiger partial charge on any atom is 0.257 e. The lowest BCUT2D eigenvalue weighted by Crippen LogP contribution is -2.42. The number of halogens is 2. The highest BCUT2D eigenvalue weighted by Gasteiger charge is 2.45. The van der Waals surface area contributed by atoms with Crippen molar-refractivity contribution in [3.63, 3.8) is 0 Å². The Morgan fingerprint density at radius 3 is 2.45 bits per heavy atom. The average molecular weight is 281 g/mol. The van der Waals surface area contributed by atoms with E-state index in [9.17, 15) is 13.6 Å². The van der Waals surface area contributed by atoms with E-state index in [2.05, 4.69) is 15.6 Å². The first-order chi connectivity index (χ1) is 9.34. The lowest BCUT2D eigenvalue weighted by Gasteiger charge is -2.22. The van der Waals surface area contributed by atoms with Crippen LogP contribution < -0.4 is 10.6 Å². The SMILES string of the molecule is CC(C)CN=C1NC(=O)C(C)(c2c(F)cccc2F)N1. The van der Waals surface area contributed by atoms with Crippen LogP contribution in [-0.2, 0) is 10.3 Å². The van der Waals surface area contributed by atoms with Gasteiger partial charge in [0.1, 0.15) is 17.2 Å². The summed E-state index contributed by atoms with van der Waals surface area (Å²) in [6, 6.07) is 3.52. The minimum Gasteiger partial charge on any atom is -0.338 e. The third-order valence-electron chi connectivity index (χ3n) is 3.13. The monoisotopic (exact) mass is 281 g/mol. The van der Waals surface area contributed by atoms with Crippen LogP contribution in [0, 0.1) is 17.6 Å². The summed E-state index contributed by atoms with van der Waals surface area (Å²) in [7, 11) is 0. The van der Waals surface area contributed by atoms with Gasteiger partial charge in [-0.1, -0.05) is 19.9 Å². The summed E-state index contributed by atoms with van der Waals surface area (Å²) in [5.74, 6) is -1.49. The van der Waals surface area contributed by atoms with Crippen molar-refractivity contribution in [3.8, 4) is 0 Å². The van der Waals surface area contributed by atoms with Crippen molar-refractivity contribution in [2.24, 2.45) is 10.9 Å². The second-order valence-electron chi connectivity index (χ2n) is 5.38. The van der Waals surface area contributed by atoms with Gasteiger partial charge in [-0.3, -0.25) is 15.1 Å². The Hall–Kier alpha value is -1.98. The summed E-state index contributed by atoms with van der Waals surface area (Å²) in [4.78, 5) is 16.3. The predicted octanol–water partition coefficient (Wildman–Crippen LogP) is 1.91. The van der Waals surface area contributed by atoms with Crippen LogP contribution in [0.4, 0.5) is 8.78 Å². The molecule has 0 aromatic heterocycles. The van der Waals surface area contributed by atoms with E-state index in [1.165, 1.54) is 13.0 Å². The fraction of sp³-hybridized carbons (Fsp3) is 0.429. The quantitative estimate of drug-likeness (QED) is 0.889. The third kappa shape index (κ3) is 2.50. The average Bonchev–Trinajstić information content (AvgIpc) is 2.63. The first-order valence-electron chi connectivity index (χ1n) is 6.43. The van der Waals surface area contributed by atoms with Gasteiger partial charge < -0.3 is 5.32 Å². The molecule has 0 aliphatic carbocycles. The number of nitrogens with one attached hydrogen (secondary N) is 2. The number of benzene rings is 1. The maximum atomic E-state index is 13.9. The van der Waals surface area contributed by atoms with E-state index in [-0.39, 0.29) is 11.5 Å². The second-order valence-corrected chi connectivity index (χ2v) is 5.38. The van der Waals surface area contributed by atoms with Crippen LogP contribution in [-0.4, -0.2) is 18.4 Å². The van der Waals surface area contributed by atoms with E-state index in [0.29, 0.717) is 12.5 Å². The fourth-order valence-corrected chi connectivity index (χ4v) is 2.06. The molecule has 1 aliphatic rings. The normalized spacial score (nSPS) is 24.1. The van der Waals surface area contributed by atoms with Crippen molar-refractivity contribution >= 4 is 11.9 Å². The molecule has 1 aromatic rings. The fourth-order valence-electron chi connectivity index (χ4n) is 2.06. The molecule has 2 N–H and O–H groups in total. The Balaban J connectivity index is 2.36. The molecule has 1 aromatic carbocycles. The summed E-state index contributed by atoms with van der Waals surface area (Å²) >= 11 is 0. The number of aliphatic imine (C=N–C) groups is 1. The van der Waals surface area contributed by atoms with Gasteiger partial charge in [0.2, 0.25) is 0 Å². The Morgan fingerprint density at radius 1 is 1.30 bits per heavy atom. The molecule has 0 bridgehead atoms. The van der Waals surface area contributed by atoms with Gasteiger partial charge in [0.25, 0.3) is 5.91 Å². The van der Waals surface area contributed by atoms with E-state index in [1.54, 1.807) is 0 Å². The molecule has 0 radical (unpaired) electrons. The molecule has 4 nitrogen and oxygen atoms in total. The molecule has 1 aliphatic heterocycles. The van der Waals surface area contributed by atoms with Crippen LogP contribution in [0.25, 0.3) is 0 Å². The summed E-state index contributed by atoms with van der Waals surface area (Å²) in [6.45, 7) is 5.91. The second kappa shape index (κ2) is 5.19. The molecule has 1 saturated heterocycles. The van der Waals surface area contributed by atoms with Gasteiger partial charge in [-0.05, 0) is 25.0 Å². The number of rotatable bonds is 3. The smallest absolute Gasteiger partial charge is 0.257 e. The number of carbonyl (C=O) groups excluding carboxylic acids is 1. The standard InChI is InChI=1S/C14H17F2N3O/c1-8(2)7-17-13-18-12(20)14(3,19-13)11-9(15)5-4-6-10(11)16/h4-6,8H,7H2,1-3H3,(H2,17,18,19,20). The first kappa shape index (κ1) is 14.4. The van der Waals surface area contributed by atoms with Crippen molar-refractivity contribution < 1.29 is 13.6 Å². The summed E-state index contributed by atoms with van der Waals surface area (Å²) < 4.78 is 27.7. The summed E-state index contributed by atoms with van der Waals surface area (Å²) in [5, 5.41) is 5.30. The molecule has 0 saturated carbocycles. The number of nitrogens with zero attached hydrogens (tertiary/aromatic N) is 1. The molecular formula is C14H17F2N3O. The van der Waals surface area contributed by atoms with E-state index in [4.69, 9.17) is 0 Å². The minimum atomic E-state index is -1.49. The molecule has 1 atom stereocenters. The van der Waals surface area contributed by atoms with E-state index in [0.717, 1.165) is 12.1 Å². The molecule has 20 heavy (non-hydrogen) atoms. The molecule has 1 fully saturated rings. The highest BCUT2D eigenvalue weighted by molar-refractivity contribution is 6.09. The van der Waals surface area contributed by atoms with Crippen molar-refractivity contribution in [1.29, 1.82) is 0 Å².